The molecule has 8 heteroatoms. The van der Waals surface area contributed by atoms with E-state index in [1.807, 2.05) is 67.8 Å². The van der Waals surface area contributed by atoms with E-state index in [1.165, 1.54) is 11.8 Å². The SMILES string of the molecule is CCc1ccccc1NC(=O)CSc1nnc(CC(=O)Nc2ccc(C)cc2C)n1CC. The topological polar surface area (TPSA) is 88.9 Å². The molecule has 0 atom stereocenters. The zero-order chi connectivity index (χ0) is 23.1. The van der Waals surface area contributed by atoms with E-state index in [4.69, 9.17) is 0 Å². The van der Waals surface area contributed by atoms with Crippen LogP contribution in [0, 0.1) is 13.8 Å². The van der Waals surface area contributed by atoms with Crippen molar-refractivity contribution in [3.05, 3.63) is 65.0 Å². The fourth-order valence-corrected chi connectivity index (χ4v) is 4.25. The van der Waals surface area contributed by atoms with E-state index in [-0.39, 0.29) is 24.0 Å². The quantitative estimate of drug-likeness (QED) is 0.471. The average Bonchev–Trinajstić information content (AvgIpc) is 3.15. The van der Waals surface area contributed by atoms with Crippen LogP contribution in [0.15, 0.2) is 47.6 Å². The largest absolute Gasteiger partial charge is 0.325 e. The van der Waals surface area contributed by atoms with E-state index in [9.17, 15) is 9.59 Å². The maximum Gasteiger partial charge on any atom is 0.234 e. The summed E-state index contributed by atoms with van der Waals surface area (Å²) in [4.78, 5) is 25.0. The monoisotopic (exact) mass is 451 g/mol. The number of thioether (sulfide) groups is 1. The van der Waals surface area contributed by atoms with E-state index in [2.05, 4.69) is 27.8 Å². The van der Waals surface area contributed by atoms with E-state index < -0.39 is 0 Å². The summed E-state index contributed by atoms with van der Waals surface area (Å²) >= 11 is 1.31. The lowest BCUT2D eigenvalue weighted by Crippen LogP contribution is -2.18. The molecule has 0 aliphatic rings. The van der Waals surface area contributed by atoms with Gasteiger partial charge in [0.05, 0.1) is 12.2 Å². The minimum atomic E-state index is -0.149. The summed E-state index contributed by atoms with van der Waals surface area (Å²) < 4.78 is 1.87. The highest BCUT2D eigenvalue weighted by molar-refractivity contribution is 7.99. The van der Waals surface area contributed by atoms with Gasteiger partial charge >= 0.3 is 0 Å². The van der Waals surface area contributed by atoms with Crippen molar-refractivity contribution in [3.63, 3.8) is 0 Å². The second-order valence-corrected chi connectivity index (χ2v) is 8.48. The maximum atomic E-state index is 12.6. The first-order valence-corrected chi connectivity index (χ1v) is 11.7. The molecule has 2 amide bonds. The van der Waals surface area contributed by atoms with Gasteiger partial charge in [-0.25, -0.2) is 0 Å². The lowest BCUT2D eigenvalue weighted by atomic mass is 10.1. The van der Waals surface area contributed by atoms with Gasteiger partial charge in [0.2, 0.25) is 11.8 Å². The molecule has 0 aliphatic heterocycles. The minimum Gasteiger partial charge on any atom is -0.325 e. The zero-order valence-corrected chi connectivity index (χ0v) is 19.8. The van der Waals surface area contributed by atoms with Crippen LogP contribution in [0.1, 0.15) is 36.4 Å². The smallest absolute Gasteiger partial charge is 0.234 e. The van der Waals surface area contributed by atoms with Gasteiger partial charge in [0.1, 0.15) is 5.82 Å². The van der Waals surface area contributed by atoms with Crippen molar-refractivity contribution in [2.45, 2.75) is 52.2 Å². The Balaban J connectivity index is 1.60. The number of aryl methyl sites for hydroxylation is 3. The molecular weight excluding hydrogens is 422 g/mol. The van der Waals surface area contributed by atoms with Crippen LogP contribution in [-0.4, -0.2) is 32.3 Å². The van der Waals surface area contributed by atoms with Crippen LogP contribution in [0.2, 0.25) is 0 Å². The molecule has 3 aromatic rings. The molecule has 0 unspecified atom stereocenters. The van der Waals surface area contributed by atoms with Crippen LogP contribution in [0.5, 0.6) is 0 Å². The number of anilines is 2. The fraction of sp³-hybridized carbons (Fsp3) is 0.333. The summed E-state index contributed by atoms with van der Waals surface area (Å²) in [5.41, 5.74) is 4.89. The Morgan fingerprint density at radius 2 is 1.72 bits per heavy atom. The molecular formula is C24H29N5O2S. The molecule has 1 aromatic heterocycles. The molecule has 0 saturated heterocycles. The number of hydrogen-bond acceptors (Lipinski definition) is 5. The number of hydrogen-bond donors (Lipinski definition) is 2. The van der Waals surface area contributed by atoms with Gasteiger partial charge in [-0.15, -0.1) is 10.2 Å². The number of rotatable bonds is 9. The molecule has 32 heavy (non-hydrogen) atoms. The van der Waals surface area contributed by atoms with Gasteiger partial charge in [0, 0.05) is 17.9 Å². The first-order chi connectivity index (χ1) is 15.4. The number of amides is 2. The number of carbonyl (C=O) groups excluding carboxylic acids is 2. The predicted octanol–water partition coefficient (Wildman–Crippen LogP) is 4.39. The highest BCUT2D eigenvalue weighted by atomic mass is 32.2. The van der Waals surface area contributed by atoms with Crippen LogP contribution >= 0.6 is 11.8 Å². The van der Waals surface area contributed by atoms with Crippen molar-refractivity contribution < 1.29 is 9.59 Å². The third kappa shape index (κ3) is 5.97. The summed E-state index contributed by atoms with van der Waals surface area (Å²) in [6.07, 6.45) is 0.964. The maximum absolute atomic E-state index is 12.6. The average molecular weight is 452 g/mol. The summed E-state index contributed by atoms with van der Waals surface area (Å²) in [5, 5.41) is 14.9. The Labute approximate surface area is 193 Å². The van der Waals surface area contributed by atoms with E-state index in [0.717, 1.165) is 34.5 Å². The van der Waals surface area contributed by atoms with Gasteiger partial charge in [0.15, 0.2) is 5.16 Å². The molecule has 0 fully saturated rings. The molecule has 0 saturated carbocycles. The van der Waals surface area contributed by atoms with Crippen LogP contribution in [0.25, 0.3) is 0 Å². The molecule has 1 heterocycles. The number of nitrogens with zero attached hydrogens (tertiary/aromatic N) is 3. The highest BCUT2D eigenvalue weighted by Gasteiger charge is 2.17. The summed E-state index contributed by atoms with van der Waals surface area (Å²) in [5.74, 6) is 0.541. The summed E-state index contributed by atoms with van der Waals surface area (Å²) in [7, 11) is 0. The van der Waals surface area contributed by atoms with Gasteiger partial charge in [0.25, 0.3) is 0 Å². The van der Waals surface area contributed by atoms with Crippen molar-refractivity contribution in [1.29, 1.82) is 0 Å². The Hall–Kier alpha value is -3.13. The normalized spacial score (nSPS) is 10.8. The number of aromatic nitrogens is 3. The molecule has 0 aliphatic carbocycles. The number of benzene rings is 2. The van der Waals surface area contributed by atoms with Crippen molar-refractivity contribution in [2.24, 2.45) is 0 Å². The van der Waals surface area contributed by atoms with Gasteiger partial charge in [-0.3, -0.25) is 9.59 Å². The third-order valence-electron chi connectivity index (χ3n) is 5.09. The predicted molar refractivity (Wildman–Crippen MR) is 129 cm³/mol. The number of nitrogens with one attached hydrogen (secondary N) is 2. The van der Waals surface area contributed by atoms with Gasteiger partial charge in [-0.05, 0) is 50.5 Å². The zero-order valence-electron chi connectivity index (χ0n) is 18.9. The molecule has 3 rings (SSSR count). The minimum absolute atomic E-state index is 0.101. The number of para-hydroxylation sites is 1. The van der Waals surface area contributed by atoms with Gasteiger partial charge < -0.3 is 15.2 Å². The van der Waals surface area contributed by atoms with Crippen LogP contribution in [0.4, 0.5) is 11.4 Å². The second kappa shape index (κ2) is 10.9. The first kappa shape index (κ1) is 23.5. The molecule has 2 aromatic carbocycles. The third-order valence-corrected chi connectivity index (χ3v) is 6.06. The van der Waals surface area contributed by atoms with Crippen molar-refractivity contribution in [2.75, 3.05) is 16.4 Å². The highest BCUT2D eigenvalue weighted by Crippen LogP contribution is 2.21. The number of carbonyl (C=O) groups is 2. The molecule has 2 N–H and O–H groups in total. The van der Waals surface area contributed by atoms with E-state index in [0.29, 0.717) is 17.5 Å². The lowest BCUT2D eigenvalue weighted by molar-refractivity contribution is -0.116. The molecule has 0 spiro atoms. The molecule has 168 valence electrons. The Morgan fingerprint density at radius 1 is 0.969 bits per heavy atom. The lowest BCUT2D eigenvalue weighted by Gasteiger charge is -2.11. The van der Waals surface area contributed by atoms with Crippen molar-refractivity contribution >= 4 is 35.0 Å². The van der Waals surface area contributed by atoms with Crippen LogP contribution in [-0.2, 0) is 29.0 Å². The fourth-order valence-electron chi connectivity index (χ4n) is 3.43. The van der Waals surface area contributed by atoms with Crippen LogP contribution in [0.3, 0.4) is 0 Å². The molecule has 0 radical (unpaired) electrons. The standard InChI is InChI=1S/C24H29N5O2S/c1-5-18-9-7-8-10-20(18)26-23(31)15-32-24-28-27-21(29(24)6-2)14-22(30)25-19-12-11-16(3)13-17(19)4/h7-13H,5-6,14-15H2,1-4H3,(H,25,30)(H,26,31). The molecule has 7 nitrogen and oxygen atoms in total. The van der Waals surface area contributed by atoms with E-state index in [1.54, 1.807) is 0 Å². The van der Waals surface area contributed by atoms with Crippen molar-refractivity contribution in [3.8, 4) is 0 Å². The Kier molecular flexibility index (Phi) is 8.05. The van der Waals surface area contributed by atoms with Crippen LogP contribution < -0.4 is 10.6 Å². The first-order valence-electron chi connectivity index (χ1n) is 10.7. The summed E-state index contributed by atoms with van der Waals surface area (Å²) in [6, 6.07) is 13.7. The Morgan fingerprint density at radius 3 is 2.44 bits per heavy atom. The second-order valence-electron chi connectivity index (χ2n) is 7.53. The van der Waals surface area contributed by atoms with Gasteiger partial charge in [-0.2, -0.15) is 0 Å². The van der Waals surface area contributed by atoms with E-state index >= 15 is 0 Å². The van der Waals surface area contributed by atoms with Gasteiger partial charge in [-0.1, -0.05) is 54.6 Å². The molecule has 0 bridgehead atoms. The summed E-state index contributed by atoms with van der Waals surface area (Å²) in [6.45, 7) is 8.62. The van der Waals surface area contributed by atoms with Crippen molar-refractivity contribution in [1.82, 2.24) is 14.8 Å². The Bertz CT molecular complexity index is 1110.